The number of ether oxygens (including phenoxy) is 4. The average Bonchev–Trinajstić information content (AvgIpc) is 2.70. The zero-order chi connectivity index (χ0) is 20.5. The third-order valence-electron chi connectivity index (χ3n) is 4.76. The number of Topliss-reactive ketones (excluding diaryl/α,β-unsaturated/α-hetero) is 1. The normalized spacial score (nSPS) is 14.6. The van der Waals surface area contributed by atoms with E-state index in [-0.39, 0.29) is 5.78 Å². The van der Waals surface area contributed by atoms with E-state index in [1.165, 1.54) is 0 Å². The van der Waals surface area contributed by atoms with E-state index in [1.807, 2.05) is 26.0 Å². The van der Waals surface area contributed by atoms with Crippen LogP contribution in [0.5, 0.6) is 23.0 Å². The number of rotatable bonds is 6. The molecule has 28 heavy (non-hydrogen) atoms. The molecule has 0 saturated carbocycles. The monoisotopic (exact) mass is 383 g/mol. The van der Waals surface area contributed by atoms with Crippen molar-refractivity contribution < 1.29 is 23.7 Å². The molecule has 0 N–H and O–H groups in total. The minimum absolute atomic E-state index is 0.179. The van der Waals surface area contributed by atoms with Crippen LogP contribution in [0.15, 0.2) is 35.3 Å². The molecule has 0 unspecified atom stereocenters. The fourth-order valence-electron chi connectivity index (χ4n) is 3.44. The van der Waals surface area contributed by atoms with Gasteiger partial charge < -0.3 is 18.9 Å². The van der Waals surface area contributed by atoms with Crippen molar-refractivity contribution in [3.8, 4) is 23.0 Å². The Morgan fingerprint density at radius 1 is 0.857 bits per heavy atom. The lowest BCUT2D eigenvalue weighted by Crippen LogP contribution is -2.32. The molecule has 1 aliphatic heterocycles. The summed E-state index contributed by atoms with van der Waals surface area (Å²) in [6.45, 7) is 4.02. The van der Waals surface area contributed by atoms with Crippen LogP contribution in [0, 0.1) is 0 Å². The third kappa shape index (κ3) is 3.54. The third-order valence-corrected chi connectivity index (χ3v) is 4.76. The molecule has 0 spiro atoms. The molecule has 2 aromatic rings. The fraction of sp³-hybridized carbons (Fsp3) is 0.364. The first-order valence-electron chi connectivity index (χ1n) is 8.95. The summed E-state index contributed by atoms with van der Waals surface area (Å²) in [7, 11) is 6.27. The van der Waals surface area contributed by atoms with E-state index in [9.17, 15) is 4.79 Å². The predicted octanol–water partition coefficient (Wildman–Crippen LogP) is 3.73. The molecule has 0 aromatic heterocycles. The predicted molar refractivity (Wildman–Crippen MR) is 108 cm³/mol. The summed E-state index contributed by atoms with van der Waals surface area (Å²) in [5.41, 5.74) is 2.24. The van der Waals surface area contributed by atoms with E-state index in [0.29, 0.717) is 40.7 Å². The minimum Gasteiger partial charge on any atom is -0.493 e. The number of hydrogen-bond donors (Lipinski definition) is 0. The van der Waals surface area contributed by atoms with Gasteiger partial charge in [0.15, 0.2) is 23.0 Å². The molecule has 2 aromatic carbocycles. The number of ketones is 1. The Labute approximate surface area is 165 Å². The minimum atomic E-state index is -0.409. The molecule has 0 aliphatic carbocycles. The summed E-state index contributed by atoms with van der Waals surface area (Å²) < 4.78 is 21.5. The van der Waals surface area contributed by atoms with Gasteiger partial charge >= 0.3 is 0 Å². The van der Waals surface area contributed by atoms with E-state index >= 15 is 0 Å². The van der Waals surface area contributed by atoms with Gasteiger partial charge in [0.1, 0.15) is 5.71 Å². The second-order valence-electron chi connectivity index (χ2n) is 7.21. The molecule has 148 valence electrons. The number of fused-ring (bicyclic) bond motifs is 1. The maximum absolute atomic E-state index is 13.4. The summed E-state index contributed by atoms with van der Waals surface area (Å²) >= 11 is 0. The molecule has 6 nitrogen and oxygen atoms in total. The molecule has 0 bridgehead atoms. The molecule has 1 aliphatic rings. The van der Waals surface area contributed by atoms with E-state index in [1.54, 1.807) is 46.6 Å². The summed E-state index contributed by atoms with van der Waals surface area (Å²) in [4.78, 5) is 18.1. The molecule has 0 amide bonds. The van der Waals surface area contributed by atoms with Crippen LogP contribution in [0.1, 0.15) is 35.3 Å². The van der Waals surface area contributed by atoms with Crippen LogP contribution in [-0.2, 0) is 6.42 Å². The van der Waals surface area contributed by atoms with Gasteiger partial charge in [-0.25, -0.2) is 0 Å². The van der Waals surface area contributed by atoms with Gasteiger partial charge in [-0.1, -0.05) is 0 Å². The zero-order valence-corrected chi connectivity index (χ0v) is 17.1. The highest BCUT2D eigenvalue weighted by Crippen LogP contribution is 2.37. The first-order chi connectivity index (χ1) is 13.3. The molecule has 0 atom stereocenters. The lowest BCUT2D eigenvalue weighted by Gasteiger charge is -2.29. The summed E-state index contributed by atoms with van der Waals surface area (Å²) in [5, 5.41) is 0. The van der Waals surface area contributed by atoms with Gasteiger partial charge in [-0.05, 0) is 56.2 Å². The van der Waals surface area contributed by atoms with E-state index in [2.05, 4.69) is 0 Å². The Bertz CT molecular complexity index is 946. The fourth-order valence-corrected chi connectivity index (χ4v) is 3.44. The van der Waals surface area contributed by atoms with E-state index in [0.717, 1.165) is 11.1 Å². The summed E-state index contributed by atoms with van der Waals surface area (Å²) in [6.07, 6.45) is 0.700. The van der Waals surface area contributed by atoms with Gasteiger partial charge in [0.2, 0.25) is 5.78 Å². The lowest BCUT2D eigenvalue weighted by atomic mass is 9.84. The standard InChI is InChI=1S/C22H25NO5/c1-22(2)12-14-10-18(27-5)19(28-6)11-15(14)20(23-22)21(24)13-7-8-16(25-3)17(9-13)26-4/h7-11H,12H2,1-6H3. The first-order valence-corrected chi connectivity index (χ1v) is 8.95. The van der Waals surface area contributed by atoms with Crippen LogP contribution in [0.4, 0.5) is 0 Å². The highest BCUT2D eigenvalue weighted by molar-refractivity contribution is 6.52. The molecular formula is C22H25NO5. The van der Waals surface area contributed by atoms with Crippen LogP contribution >= 0.6 is 0 Å². The number of carbonyl (C=O) groups is 1. The van der Waals surface area contributed by atoms with Crippen molar-refractivity contribution in [2.24, 2.45) is 4.99 Å². The van der Waals surface area contributed by atoms with Crippen molar-refractivity contribution >= 4 is 11.5 Å². The smallest absolute Gasteiger partial charge is 0.211 e. The largest absolute Gasteiger partial charge is 0.493 e. The Morgan fingerprint density at radius 2 is 1.43 bits per heavy atom. The van der Waals surface area contributed by atoms with E-state index < -0.39 is 5.54 Å². The van der Waals surface area contributed by atoms with Crippen LogP contribution in [0.3, 0.4) is 0 Å². The Balaban J connectivity index is 2.13. The van der Waals surface area contributed by atoms with Gasteiger partial charge in [0, 0.05) is 11.1 Å². The van der Waals surface area contributed by atoms with Crippen molar-refractivity contribution in [3.05, 3.63) is 47.0 Å². The summed E-state index contributed by atoms with van der Waals surface area (Å²) in [5.74, 6) is 2.08. The average molecular weight is 383 g/mol. The highest BCUT2D eigenvalue weighted by Gasteiger charge is 2.32. The number of aliphatic imine (C=N–C) groups is 1. The second kappa shape index (κ2) is 7.54. The molecule has 0 radical (unpaired) electrons. The topological polar surface area (TPSA) is 66.4 Å². The number of hydrogen-bond acceptors (Lipinski definition) is 6. The maximum Gasteiger partial charge on any atom is 0.211 e. The lowest BCUT2D eigenvalue weighted by molar-refractivity contribution is 0.106. The van der Waals surface area contributed by atoms with Crippen molar-refractivity contribution in [2.75, 3.05) is 28.4 Å². The van der Waals surface area contributed by atoms with Gasteiger partial charge in [-0.15, -0.1) is 0 Å². The van der Waals surface area contributed by atoms with Gasteiger partial charge in [0.25, 0.3) is 0 Å². The van der Waals surface area contributed by atoms with Crippen LogP contribution in [-0.4, -0.2) is 45.5 Å². The van der Waals surface area contributed by atoms with Gasteiger partial charge in [-0.3, -0.25) is 9.79 Å². The van der Waals surface area contributed by atoms with Crippen molar-refractivity contribution in [1.29, 1.82) is 0 Å². The Morgan fingerprint density at radius 3 is 2.04 bits per heavy atom. The van der Waals surface area contributed by atoms with Gasteiger partial charge in [0.05, 0.1) is 34.0 Å². The first kappa shape index (κ1) is 19.7. The number of nitrogens with zero attached hydrogens (tertiary/aromatic N) is 1. The van der Waals surface area contributed by atoms with Crippen LogP contribution < -0.4 is 18.9 Å². The highest BCUT2D eigenvalue weighted by atomic mass is 16.5. The van der Waals surface area contributed by atoms with Crippen LogP contribution in [0.25, 0.3) is 0 Å². The maximum atomic E-state index is 13.4. The second-order valence-corrected chi connectivity index (χ2v) is 7.21. The Hall–Kier alpha value is -3.02. The van der Waals surface area contributed by atoms with Crippen LogP contribution in [0.2, 0.25) is 0 Å². The SMILES string of the molecule is COc1ccc(C(=O)C2=NC(C)(C)Cc3cc(OC)c(OC)cc32)cc1OC. The molecular weight excluding hydrogens is 358 g/mol. The van der Waals surface area contributed by atoms with Crippen molar-refractivity contribution in [1.82, 2.24) is 0 Å². The van der Waals surface area contributed by atoms with Gasteiger partial charge in [-0.2, -0.15) is 0 Å². The molecule has 0 fully saturated rings. The van der Waals surface area contributed by atoms with Crippen molar-refractivity contribution in [3.63, 3.8) is 0 Å². The molecule has 1 heterocycles. The van der Waals surface area contributed by atoms with E-state index in [4.69, 9.17) is 23.9 Å². The summed E-state index contributed by atoms with van der Waals surface area (Å²) in [6, 6.07) is 8.85. The molecule has 3 rings (SSSR count). The zero-order valence-electron chi connectivity index (χ0n) is 17.1. The number of methoxy groups -OCH3 is 4. The number of benzene rings is 2. The molecule has 0 saturated heterocycles. The molecule has 6 heteroatoms. The number of carbonyl (C=O) groups excluding carboxylic acids is 1. The quantitative estimate of drug-likeness (QED) is 0.711. The van der Waals surface area contributed by atoms with Crippen molar-refractivity contribution in [2.45, 2.75) is 25.8 Å². The Kier molecular flexibility index (Phi) is 5.31.